The highest BCUT2D eigenvalue weighted by atomic mass is 79.9. The quantitative estimate of drug-likeness (QED) is 0.897. The summed E-state index contributed by atoms with van der Waals surface area (Å²) < 4.78 is 0.955. The van der Waals surface area contributed by atoms with Crippen LogP contribution in [0, 0.1) is 11.3 Å². The van der Waals surface area contributed by atoms with Crippen LogP contribution in [0.15, 0.2) is 22.7 Å². The van der Waals surface area contributed by atoms with Gasteiger partial charge in [-0.05, 0) is 59.9 Å². The van der Waals surface area contributed by atoms with Crippen LogP contribution in [0.25, 0.3) is 0 Å². The molecule has 4 heteroatoms. The number of rotatable bonds is 4. The Hall–Kier alpha value is -1.05. The van der Waals surface area contributed by atoms with Crippen LogP contribution in [0.4, 0.5) is 5.69 Å². The molecule has 1 aromatic rings. The molecule has 1 saturated heterocycles. The molecule has 1 aromatic carbocycles. The lowest BCUT2D eigenvalue weighted by atomic mass is 10.1. The van der Waals surface area contributed by atoms with Crippen LogP contribution in [-0.2, 0) is 0 Å². The van der Waals surface area contributed by atoms with E-state index in [9.17, 15) is 0 Å². The Bertz CT molecular complexity index is 419. The van der Waals surface area contributed by atoms with Crippen molar-refractivity contribution in [3.05, 3.63) is 28.2 Å². The molecule has 1 fully saturated rings. The van der Waals surface area contributed by atoms with E-state index >= 15 is 0 Å². The van der Waals surface area contributed by atoms with Gasteiger partial charge in [0.05, 0.1) is 11.6 Å². The van der Waals surface area contributed by atoms with Crippen molar-refractivity contribution in [3.63, 3.8) is 0 Å². The highest BCUT2D eigenvalue weighted by Crippen LogP contribution is 2.23. The van der Waals surface area contributed by atoms with Gasteiger partial charge in [-0.25, -0.2) is 0 Å². The molecule has 3 nitrogen and oxygen atoms in total. The average Bonchev–Trinajstić information content (AvgIpc) is 2.84. The summed E-state index contributed by atoms with van der Waals surface area (Å²) in [7, 11) is 0. The largest absolute Gasteiger partial charge is 0.384 e. The summed E-state index contributed by atoms with van der Waals surface area (Å²) in [6.07, 6.45) is 3.73. The fraction of sp³-hybridized carbons (Fsp3) is 0.462. The van der Waals surface area contributed by atoms with E-state index in [0.717, 1.165) is 29.7 Å². The zero-order chi connectivity index (χ0) is 12.1. The topological polar surface area (TPSA) is 47.9 Å². The van der Waals surface area contributed by atoms with Crippen LogP contribution < -0.4 is 10.6 Å². The highest BCUT2D eigenvalue weighted by Gasteiger charge is 2.13. The smallest absolute Gasteiger partial charge is 0.0992 e. The van der Waals surface area contributed by atoms with Crippen molar-refractivity contribution in [2.24, 2.45) is 0 Å². The summed E-state index contributed by atoms with van der Waals surface area (Å²) in [6, 6.07) is 8.42. The minimum absolute atomic E-state index is 0.666. The average molecular weight is 294 g/mol. The Balaban J connectivity index is 1.84. The van der Waals surface area contributed by atoms with Gasteiger partial charge < -0.3 is 10.6 Å². The predicted octanol–water partition coefficient (Wildman–Crippen LogP) is 2.87. The molecule has 2 N–H and O–H groups in total. The second-order valence-electron chi connectivity index (χ2n) is 4.32. The van der Waals surface area contributed by atoms with E-state index in [4.69, 9.17) is 5.26 Å². The number of benzene rings is 1. The van der Waals surface area contributed by atoms with Crippen LogP contribution in [0.1, 0.15) is 24.8 Å². The summed E-state index contributed by atoms with van der Waals surface area (Å²) >= 11 is 3.47. The molecular weight excluding hydrogens is 278 g/mol. The summed E-state index contributed by atoms with van der Waals surface area (Å²) in [5.41, 5.74) is 1.74. The van der Waals surface area contributed by atoms with E-state index in [1.807, 2.05) is 18.2 Å². The zero-order valence-corrected chi connectivity index (χ0v) is 11.3. The fourth-order valence-electron chi connectivity index (χ4n) is 2.11. The molecule has 90 valence electrons. The molecule has 0 aromatic heterocycles. The SMILES string of the molecule is N#Cc1ccc(NCCC2CCCN2)c(Br)c1. The van der Waals surface area contributed by atoms with Crippen molar-refractivity contribution >= 4 is 21.6 Å². The Morgan fingerprint density at radius 2 is 2.41 bits per heavy atom. The number of nitrogens with one attached hydrogen (secondary N) is 2. The third-order valence-corrected chi connectivity index (χ3v) is 3.72. The first-order chi connectivity index (χ1) is 8.29. The van der Waals surface area contributed by atoms with Gasteiger partial charge in [0.2, 0.25) is 0 Å². The minimum Gasteiger partial charge on any atom is -0.384 e. The molecule has 2 rings (SSSR count). The van der Waals surface area contributed by atoms with Gasteiger partial charge in [0, 0.05) is 22.7 Å². The summed E-state index contributed by atoms with van der Waals surface area (Å²) in [5, 5.41) is 15.6. The first kappa shape index (κ1) is 12.4. The molecule has 1 aliphatic rings. The third kappa shape index (κ3) is 3.45. The maximum atomic E-state index is 8.77. The molecule has 1 unspecified atom stereocenters. The van der Waals surface area contributed by atoms with Gasteiger partial charge in [0.1, 0.15) is 0 Å². The summed E-state index contributed by atoms with van der Waals surface area (Å²) in [6.45, 7) is 2.12. The number of halogens is 1. The molecular formula is C13H16BrN3. The van der Waals surface area contributed by atoms with E-state index in [-0.39, 0.29) is 0 Å². The van der Waals surface area contributed by atoms with Crippen LogP contribution in [0.2, 0.25) is 0 Å². The second kappa shape index (κ2) is 6.04. The van der Waals surface area contributed by atoms with Crippen molar-refractivity contribution in [3.8, 4) is 6.07 Å². The summed E-state index contributed by atoms with van der Waals surface area (Å²) in [4.78, 5) is 0. The Morgan fingerprint density at radius 1 is 1.53 bits per heavy atom. The molecule has 0 radical (unpaired) electrons. The number of anilines is 1. The van der Waals surface area contributed by atoms with E-state index in [1.54, 1.807) is 0 Å². The van der Waals surface area contributed by atoms with Crippen molar-refractivity contribution < 1.29 is 0 Å². The van der Waals surface area contributed by atoms with E-state index in [0.29, 0.717) is 11.6 Å². The van der Waals surface area contributed by atoms with Gasteiger partial charge >= 0.3 is 0 Å². The monoisotopic (exact) mass is 293 g/mol. The molecule has 0 spiro atoms. The molecule has 0 aliphatic carbocycles. The lowest BCUT2D eigenvalue weighted by Crippen LogP contribution is -2.24. The van der Waals surface area contributed by atoms with Gasteiger partial charge in [-0.2, -0.15) is 5.26 Å². The molecule has 0 saturated carbocycles. The van der Waals surface area contributed by atoms with Crippen LogP contribution in [0.5, 0.6) is 0 Å². The van der Waals surface area contributed by atoms with Gasteiger partial charge in [0.15, 0.2) is 0 Å². The molecule has 1 atom stereocenters. The predicted molar refractivity (Wildman–Crippen MR) is 73.0 cm³/mol. The molecule has 1 aliphatic heterocycles. The van der Waals surface area contributed by atoms with Gasteiger partial charge in [-0.1, -0.05) is 0 Å². The standard InChI is InChI=1S/C13H16BrN3/c14-12-8-10(9-15)3-4-13(12)17-7-5-11-2-1-6-16-11/h3-4,8,11,16-17H,1-2,5-7H2. The van der Waals surface area contributed by atoms with E-state index < -0.39 is 0 Å². The lowest BCUT2D eigenvalue weighted by Gasteiger charge is -2.12. The number of nitriles is 1. The molecule has 0 bridgehead atoms. The maximum Gasteiger partial charge on any atom is 0.0992 e. The minimum atomic E-state index is 0.666. The second-order valence-corrected chi connectivity index (χ2v) is 5.17. The first-order valence-electron chi connectivity index (χ1n) is 5.96. The fourth-order valence-corrected chi connectivity index (χ4v) is 2.63. The number of hydrogen-bond acceptors (Lipinski definition) is 3. The third-order valence-electron chi connectivity index (χ3n) is 3.07. The van der Waals surface area contributed by atoms with Crippen molar-refractivity contribution in [2.75, 3.05) is 18.4 Å². The molecule has 17 heavy (non-hydrogen) atoms. The Morgan fingerprint density at radius 3 is 3.06 bits per heavy atom. The Labute approximate surface area is 110 Å². The Kier molecular flexibility index (Phi) is 4.41. The van der Waals surface area contributed by atoms with Gasteiger partial charge in [-0.3, -0.25) is 0 Å². The number of hydrogen-bond donors (Lipinski definition) is 2. The normalized spacial score (nSPS) is 18.9. The van der Waals surface area contributed by atoms with Gasteiger partial charge in [0.25, 0.3) is 0 Å². The van der Waals surface area contributed by atoms with Crippen LogP contribution in [-0.4, -0.2) is 19.1 Å². The van der Waals surface area contributed by atoms with Crippen molar-refractivity contribution in [1.29, 1.82) is 5.26 Å². The number of nitrogens with zero attached hydrogens (tertiary/aromatic N) is 1. The lowest BCUT2D eigenvalue weighted by molar-refractivity contribution is 0.574. The molecule has 1 heterocycles. The highest BCUT2D eigenvalue weighted by molar-refractivity contribution is 9.10. The van der Waals surface area contributed by atoms with Crippen molar-refractivity contribution in [1.82, 2.24) is 5.32 Å². The summed E-state index contributed by atoms with van der Waals surface area (Å²) in [5.74, 6) is 0. The van der Waals surface area contributed by atoms with Crippen LogP contribution in [0.3, 0.4) is 0 Å². The van der Waals surface area contributed by atoms with E-state index in [1.165, 1.54) is 12.8 Å². The maximum absolute atomic E-state index is 8.77. The van der Waals surface area contributed by atoms with Gasteiger partial charge in [-0.15, -0.1) is 0 Å². The van der Waals surface area contributed by atoms with Crippen molar-refractivity contribution in [2.45, 2.75) is 25.3 Å². The first-order valence-corrected chi connectivity index (χ1v) is 6.76. The van der Waals surface area contributed by atoms with Crippen LogP contribution >= 0.6 is 15.9 Å². The van der Waals surface area contributed by atoms with E-state index in [2.05, 4.69) is 32.6 Å². The zero-order valence-electron chi connectivity index (χ0n) is 9.67. The molecule has 0 amide bonds.